The summed E-state index contributed by atoms with van der Waals surface area (Å²) in [6.45, 7) is 2.02. The van der Waals surface area contributed by atoms with Crippen molar-refractivity contribution in [2.75, 3.05) is 11.1 Å². The Bertz CT molecular complexity index is 710. The molecule has 0 aliphatic heterocycles. The van der Waals surface area contributed by atoms with E-state index < -0.39 is 0 Å². The smallest absolute Gasteiger partial charge is 0.225 e. The number of aromatic nitrogens is 3. The summed E-state index contributed by atoms with van der Waals surface area (Å²) in [7, 11) is 0. The summed E-state index contributed by atoms with van der Waals surface area (Å²) in [4.78, 5) is 12.1. The van der Waals surface area contributed by atoms with E-state index in [0.717, 1.165) is 21.1 Å². The highest BCUT2D eigenvalue weighted by Crippen LogP contribution is 2.32. The molecule has 1 N–H and O–H groups in total. The molecule has 1 aliphatic carbocycles. The van der Waals surface area contributed by atoms with Crippen LogP contribution in [-0.4, -0.2) is 26.4 Å². The van der Waals surface area contributed by atoms with E-state index in [0.29, 0.717) is 18.2 Å². The van der Waals surface area contributed by atoms with Gasteiger partial charge in [0.05, 0.1) is 0 Å². The van der Waals surface area contributed by atoms with Gasteiger partial charge >= 0.3 is 0 Å². The zero-order valence-electron chi connectivity index (χ0n) is 14.4. The molecular weight excluding hydrogens is 400 g/mol. The van der Waals surface area contributed by atoms with Gasteiger partial charge in [-0.2, -0.15) is 0 Å². The molecule has 7 heteroatoms. The topological polar surface area (TPSA) is 59.8 Å². The van der Waals surface area contributed by atoms with Crippen molar-refractivity contribution in [1.29, 1.82) is 0 Å². The van der Waals surface area contributed by atoms with Crippen molar-refractivity contribution in [1.82, 2.24) is 14.8 Å². The fraction of sp³-hybridized carbons (Fsp3) is 0.500. The minimum absolute atomic E-state index is 0.0234. The number of amides is 1. The Morgan fingerprint density at radius 2 is 1.96 bits per heavy atom. The van der Waals surface area contributed by atoms with Gasteiger partial charge in [0.1, 0.15) is 5.82 Å². The summed E-state index contributed by atoms with van der Waals surface area (Å²) in [5.41, 5.74) is 0.819. The van der Waals surface area contributed by atoms with Crippen molar-refractivity contribution in [3.63, 3.8) is 0 Å². The lowest BCUT2D eigenvalue weighted by Crippen LogP contribution is -2.16. The molecule has 0 unspecified atom stereocenters. The molecule has 0 spiro atoms. The lowest BCUT2D eigenvalue weighted by molar-refractivity contribution is -0.115. The van der Waals surface area contributed by atoms with Crippen LogP contribution in [0.2, 0.25) is 0 Å². The number of anilines is 1. The predicted octanol–water partition coefficient (Wildman–Crippen LogP) is 4.98. The summed E-state index contributed by atoms with van der Waals surface area (Å²) in [5, 5.41) is 12.4. The van der Waals surface area contributed by atoms with Crippen LogP contribution in [0, 0.1) is 6.92 Å². The summed E-state index contributed by atoms with van der Waals surface area (Å²) in [6, 6.07) is 8.12. The number of halogens is 1. The van der Waals surface area contributed by atoms with Crippen LogP contribution in [0.1, 0.15) is 50.4 Å². The van der Waals surface area contributed by atoms with Crippen LogP contribution in [0.15, 0.2) is 33.9 Å². The van der Waals surface area contributed by atoms with Crippen molar-refractivity contribution >= 4 is 39.3 Å². The minimum atomic E-state index is 0.0234. The van der Waals surface area contributed by atoms with Crippen molar-refractivity contribution in [3.05, 3.63) is 34.6 Å². The van der Waals surface area contributed by atoms with Gasteiger partial charge < -0.3 is 9.88 Å². The van der Waals surface area contributed by atoms with Gasteiger partial charge in [0, 0.05) is 28.4 Å². The molecule has 1 aromatic carbocycles. The van der Waals surface area contributed by atoms with Crippen LogP contribution in [0.3, 0.4) is 0 Å². The fourth-order valence-corrected chi connectivity index (χ4v) is 4.45. The number of nitrogens with one attached hydrogen (secondary N) is 1. The van der Waals surface area contributed by atoms with Gasteiger partial charge in [-0.15, -0.1) is 10.2 Å². The maximum atomic E-state index is 12.1. The molecule has 0 radical (unpaired) electrons. The number of nitrogens with zero attached hydrogens (tertiary/aromatic N) is 3. The molecule has 3 rings (SSSR count). The molecule has 2 aromatic rings. The number of rotatable bonds is 6. The first-order valence-corrected chi connectivity index (χ1v) is 10.5. The molecule has 134 valence electrons. The summed E-state index contributed by atoms with van der Waals surface area (Å²) in [6.07, 6.45) is 6.75. The maximum Gasteiger partial charge on any atom is 0.225 e. The largest absolute Gasteiger partial charge is 0.326 e. The van der Waals surface area contributed by atoms with Crippen molar-refractivity contribution in [3.8, 4) is 0 Å². The Morgan fingerprint density at radius 1 is 1.24 bits per heavy atom. The van der Waals surface area contributed by atoms with Crippen molar-refractivity contribution in [2.45, 2.75) is 56.6 Å². The average Bonchev–Trinajstić information content (AvgIpc) is 2.98. The zero-order chi connectivity index (χ0) is 17.6. The van der Waals surface area contributed by atoms with E-state index in [9.17, 15) is 4.79 Å². The lowest BCUT2D eigenvalue weighted by atomic mass is 9.95. The van der Waals surface area contributed by atoms with Crippen LogP contribution in [0.4, 0.5) is 5.69 Å². The first-order valence-electron chi connectivity index (χ1n) is 8.73. The third-order valence-electron chi connectivity index (χ3n) is 4.46. The molecular formula is C18H23BrN4OS. The standard InChI is InChI=1S/C18H23BrN4OS/c1-13-21-22-18(23(13)16-5-3-2-4-6-16)25-12-11-17(24)20-15-9-7-14(19)8-10-15/h7-10,16H,2-6,11-12H2,1H3,(H,20,24). The van der Waals surface area contributed by atoms with E-state index >= 15 is 0 Å². The lowest BCUT2D eigenvalue weighted by Gasteiger charge is -2.24. The van der Waals surface area contributed by atoms with E-state index in [1.807, 2.05) is 31.2 Å². The highest BCUT2D eigenvalue weighted by molar-refractivity contribution is 9.10. The first kappa shape index (κ1) is 18.5. The molecule has 0 saturated heterocycles. The Kier molecular flexibility index (Phi) is 6.53. The first-order chi connectivity index (χ1) is 12.1. The Morgan fingerprint density at radius 3 is 2.68 bits per heavy atom. The SMILES string of the molecule is Cc1nnc(SCCC(=O)Nc2ccc(Br)cc2)n1C1CCCCC1. The predicted molar refractivity (Wildman–Crippen MR) is 105 cm³/mol. The van der Waals surface area contributed by atoms with Crippen LogP contribution < -0.4 is 5.32 Å². The molecule has 1 amide bonds. The second-order valence-electron chi connectivity index (χ2n) is 6.35. The number of carbonyl (C=O) groups is 1. The van der Waals surface area contributed by atoms with Gasteiger partial charge in [-0.3, -0.25) is 4.79 Å². The van der Waals surface area contributed by atoms with Gasteiger partial charge in [0.2, 0.25) is 5.91 Å². The van der Waals surface area contributed by atoms with Gasteiger partial charge in [-0.25, -0.2) is 0 Å². The van der Waals surface area contributed by atoms with Crippen LogP contribution in [0.25, 0.3) is 0 Å². The summed E-state index contributed by atoms with van der Waals surface area (Å²) >= 11 is 5.01. The van der Waals surface area contributed by atoms with Crippen molar-refractivity contribution < 1.29 is 4.79 Å². The second kappa shape index (κ2) is 8.85. The van der Waals surface area contributed by atoms with Crippen LogP contribution in [0.5, 0.6) is 0 Å². The third-order valence-corrected chi connectivity index (χ3v) is 5.94. The summed E-state index contributed by atoms with van der Waals surface area (Å²) in [5.74, 6) is 1.71. The van der Waals surface area contributed by atoms with Gasteiger partial charge in [0.25, 0.3) is 0 Å². The normalized spacial score (nSPS) is 15.3. The molecule has 25 heavy (non-hydrogen) atoms. The second-order valence-corrected chi connectivity index (χ2v) is 8.32. The average molecular weight is 423 g/mol. The van der Waals surface area contributed by atoms with Gasteiger partial charge in [0.15, 0.2) is 5.16 Å². The fourth-order valence-electron chi connectivity index (χ4n) is 3.20. The van der Waals surface area contributed by atoms with E-state index in [4.69, 9.17) is 0 Å². The third kappa shape index (κ3) is 5.07. The summed E-state index contributed by atoms with van der Waals surface area (Å²) < 4.78 is 3.27. The molecule has 0 bridgehead atoms. The number of aryl methyl sites for hydroxylation is 1. The van der Waals surface area contributed by atoms with Gasteiger partial charge in [-0.05, 0) is 44.0 Å². The van der Waals surface area contributed by atoms with Crippen molar-refractivity contribution in [2.24, 2.45) is 0 Å². The molecule has 1 aromatic heterocycles. The van der Waals surface area contributed by atoms with Crippen LogP contribution >= 0.6 is 27.7 Å². The molecule has 1 fully saturated rings. The number of hydrogen-bond acceptors (Lipinski definition) is 4. The molecule has 1 heterocycles. The Balaban J connectivity index is 1.52. The molecule has 0 atom stereocenters. The van der Waals surface area contributed by atoms with E-state index in [1.54, 1.807) is 11.8 Å². The number of carbonyl (C=O) groups excluding carboxylic acids is 1. The number of benzene rings is 1. The molecule has 5 nitrogen and oxygen atoms in total. The Hall–Kier alpha value is -1.34. The van der Waals surface area contributed by atoms with E-state index in [2.05, 4.69) is 36.0 Å². The quantitative estimate of drug-likeness (QED) is 0.666. The minimum Gasteiger partial charge on any atom is -0.326 e. The van der Waals surface area contributed by atoms with E-state index in [-0.39, 0.29) is 5.91 Å². The monoisotopic (exact) mass is 422 g/mol. The number of hydrogen-bond donors (Lipinski definition) is 1. The molecule has 1 saturated carbocycles. The number of thioether (sulfide) groups is 1. The van der Waals surface area contributed by atoms with E-state index in [1.165, 1.54) is 32.1 Å². The van der Waals surface area contributed by atoms with Gasteiger partial charge in [-0.1, -0.05) is 47.0 Å². The highest BCUT2D eigenvalue weighted by Gasteiger charge is 2.21. The van der Waals surface area contributed by atoms with Crippen LogP contribution in [-0.2, 0) is 4.79 Å². The highest BCUT2D eigenvalue weighted by atomic mass is 79.9. The Labute approximate surface area is 161 Å². The maximum absolute atomic E-state index is 12.1. The zero-order valence-corrected chi connectivity index (χ0v) is 16.8. The molecule has 1 aliphatic rings.